The van der Waals surface area contributed by atoms with Gasteiger partial charge in [0.2, 0.25) is 0 Å². The summed E-state index contributed by atoms with van der Waals surface area (Å²) in [7, 11) is 1.52. The van der Waals surface area contributed by atoms with Crippen LogP contribution in [0.25, 0.3) is 11.2 Å². The van der Waals surface area contributed by atoms with Crippen LogP contribution in [0.4, 0.5) is 0 Å². The van der Waals surface area contributed by atoms with Crippen molar-refractivity contribution in [3.8, 4) is 5.75 Å². The summed E-state index contributed by atoms with van der Waals surface area (Å²) in [5.41, 5.74) is 0.512. The zero-order valence-corrected chi connectivity index (χ0v) is 16.0. The lowest BCUT2D eigenvalue weighted by atomic mass is 10.2. The third-order valence-electron chi connectivity index (χ3n) is 4.10. The van der Waals surface area contributed by atoms with E-state index in [9.17, 15) is 14.7 Å². The van der Waals surface area contributed by atoms with Crippen LogP contribution in [0.15, 0.2) is 38.6 Å². The smallest absolute Gasteiger partial charge is 0.329 e. The topological polar surface area (TPSA) is 102 Å². The van der Waals surface area contributed by atoms with Gasteiger partial charge in [0, 0.05) is 7.05 Å². The van der Waals surface area contributed by atoms with Gasteiger partial charge in [-0.25, -0.2) is 9.78 Å². The minimum absolute atomic E-state index is 0.0585. The molecule has 0 fully saturated rings. The van der Waals surface area contributed by atoms with Gasteiger partial charge in [0.15, 0.2) is 15.9 Å². The molecule has 0 spiro atoms. The lowest BCUT2D eigenvalue weighted by molar-refractivity contribution is 0.0928. The molecule has 1 atom stereocenters. The summed E-state index contributed by atoms with van der Waals surface area (Å²) in [5, 5.41) is 10.3. The average molecular weight is 423 g/mol. The maximum absolute atomic E-state index is 12.2. The standard InChI is InChI=1S/C17H19BrN4O4/c1-3-10-5-4-6-12(7-10)26-9-11(23)8-22-13-14(19-16(22)18)21(2)17(25)20-15(13)24/h4-7,11,23H,3,8-9H2,1-2H3,(H,20,24,25)/t11-/m1/s1. The number of imidazole rings is 1. The fourth-order valence-corrected chi connectivity index (χ4v) is 3.18. The lowest BCUT2D eigenvalue weighted by Crippen LogP contribution is -2.30. The number of hydrogen-bond donors (Lipinski definition) is 2. The van der Waals surface area contributed by atoms with E-state index in [1.807, 2.05) is 24.3 Å². The number of aryl methyl sites for hydroxylation is 2. The van der Waals surface area contributed by atoms with Gasteiger partial charge in [0.1, 0.15) is 18.5 Å². The molecular formula is C17H19BrN4O4. The highest BCUT2D eigenvalue weighted by Crippen LogP contribution is 2.18. The Balaban J connectivity index is 1.80. The van der Waals surface area contributed by atoms with Crippen molar-refractivity contribution in [1.29, 1.82) is 0 Å². The Morgan fingerprint density at radius 1 is 1.38 bits per heavy atom. The zero-order valence-electron chi connectivity index (χ0n) is 14.4. The second kappa shape index (κ2) is 7.46. The number of nitrogens with zero attached hydrogens (tertiary/aromatic N) is 3. The van der Waals surface area contributed by atoms with E-state index in [0.717, 1.165) is 12.0 Å². The van der Waals surface area contributed by atoms with Crippen LogP contribution in [0.3, 0.4) is 0 Å². The third-order valence-corrected chi connectivity index (χ3v) is 4.71. The highest BCUT2D eigenvalue weighted by Gasteiger charge is 2.18. The normalized spacial score (nSPS) is 12.5. The Bertz CT molecular complexity index is 1050. The van der Waals surface area contributed by atoms with Crippen molar-refractivity contribution in [2.45, 2.75) is 26.0 Å². The molecule has 2 N–H and O–H groups in total. The Hall–Kier alpha value is -2.39. The van der Waals surface area contributed by atoms with E-state index >= 15 is 0 Å². The fourth-order valence-electron chi connectivity index (χ4n) is 2.69. The van der Waals surface area contributed by atoms with Crippen molar-refractivity contribution in [2.24, 2.45) is 7.05 Å². The second-order valence-corrected chi connectivity index (χ2v) is 6.66. The van der Waals surface area contributed by atoms with Gasteiger partial charge in [-0.3, -0.25) is 14.3 Å². The maximum atomic E-state index is 12.2. The Labute approximate surface area is 157 Å². The molecule has 0 aliphatic carbocycles. The Kier molecular flexibility index (Phi) is 5.28. The number of ether oxygens (including phenoxy) is 1. The van der Waals surface area contributed by atoms with Gasteiger partial charge >= 0.3 is 5.69 Å². The number of halogens is 1. The minimum Gasteiger partial charge on any atom is -0.491 e. The summed E-state index contributed by atoms with van der Waals surface area (Å²) in [6.07, 6.45) is 0.0282. The molecular weight excluding hydrogens is 404 g/mol. The summed E-state index contributed by atoms with van der Waals surface area (Å²) in [4.78, 5) is 30.3. The van der Waals surface area contributed by atoms with Crippen molar-refractivity contribution in [2.75, 3.05) is 6.61 Å². The molecule has 138 valence electrons. The molecule has 3 rings (SSSR count). The van der Waals surface area contributed by atoms with Crippen molar-refractivity contribution in [1.82, 2.24) is 19.1 Å². The van der Waals surface area contributed by atoms with Crippen molar-refractivity contribution < 1.29 is 9.84 Å². The van der Waals surface area contributed by atoms with E-state index in [1.165, 1.54) is 16.2 Å². The van der Waals surface area contributed by atoms with Crippen LogP contribution in [0, 0.1) is 0 Å². The summed E-state index contributed by atoms with van der Waals surface area (Å²) in [6, 6.07) is 7.67. The molecule has 2 aromatic heterocycles. The molecule has 2 heterocycles. The number of nitrogens with one attached hydrogen (secondary N) is 1. The van der Waals surface area contributed by atoms with Gasteiger partial charge in [-0.1, -0.05) is 19.1 Å². The van der Waals surface area contributed by atoms with Gasteiger partial charge in [0.05, 0.1) is 6.54 Å². The van der Waals surface area contributed by atoms with Gasteiger partial charge in [-0.2, -0.15) is 0 Å². The first-order valence-corrected chi connectivity index (χ1v) is 8.94. The third kappa shape index (κ3) is 3.58. The Morgan fingerprint density at radius 2 is 2.15 bits per heavy atom. The van der Waals surface area contributed by atoms with Crippen molar-refractivity contribution in [3.05, 3.63) is 55.4 Å². The van der Waals surface area contributed by atoms with E-state index < -0.39 is 17.4 Å². The molecule has 26 heavy (non-hydrogen) atoms. The van der Waals surface area contributed by atoms with E-state index in [2.05, 4.69) is 32.8 Å². The van der Waals surface area contributed by atoms with Crippen molar-refractivity contribution in [3.63, 3.8) is 0 Å². The predicted molar refractivity (Wildman–Crippen MR) is 101 cm³/mol. The van der Waals surface area contributed by atoms with Gasteiger partial charge < -0.3 is 14.4 Å². The predicted octanol–water partition coefficient (Wildman–Crippen LogP) is 1.19. The first-order chi connectivity index (χ1) is 12.4. The number of aliphatic hydroxyl groups excluding tert-OH is 1. The molecule has 8 nitrogen and oxygen atoms in total. The summed E-state index contributed by atoms with van der Waals surface area (Å²) < 4.78 is 8.76. The van der Waals surface area contributed by atoms with Crippen LogP contribution in [0.1, 0.15) is 12.5 Å². The first kappa shape index (κ1) is 18.4. The van der Waals surface area contributed by atoms with Crippen molar-refractivity contribution >= 4 is 27.1 Å². The minimum atomic E-state index is -0.870. The summed E-state index contributed by atoms with van der Waals surface area (Å²) >= 11 is 3.28. The van der Waals surface area contributed by atoms with Gasteiger partial charge in [-0.05, 0) is 40.0 Å². The molecule has 9 heteroatoms. The molecule has 0 amide bonds. The zero-order chi connectivity index (χ0) is 18.8. The van der Waals surface area contributed by atoms with Crippen LogP contribution in [-0.4, -0.2) is 36.9 Å². The molecule has 0 bridgehead atoms. The molecule has 3 aromatic rings. The van der Waals surface area contributed by atoms with Gasteiger partial charge in [-0.15, -0.1) is 0 Å². The molecule has 0 aliphatic heterocycles. The Morgan fingerprint density at radius 3 is 2.88 bits per heavy atom. The average Bonchev–Trinajstić information content (AvgIpc) is 2.95. The summed E-state index contributed by atoms with van der Waals surface area (Å²) in [6.45, 7) is 2.20. The SMILES string of the molecule is CCc1cccc(OC[C@H](O)Cn2c(Br)nc3c2c(=O)[nH]c(=O)n3C)c1. The van der Waals surface area contributed by atoms with E-state index in [1.54, 1.807) is 0 Å². The molecule has 1 aromatic carbocycles. The summed E-state index contributed by atoms with van der Waals surface area (Å²) in [5.74, 6) is 0.679. The number of aromatic amines is 1. The maximum Gasteiger partial charge on any atom is 0.329 e. The molecule has 0 aliphatic rings. The highest BCUT2D eigenvalue weighted by molar-refractivity contribution is 9.10. The lowest BCUT2D eigenvalue weighted by Gasteiger charge is -2.14. The number of aliphatic hydroxyl groups is 1. The van der Waals surface area contributed by atoms with E-state index in [4.69, 9.17) is 4.74 Å². The number of aromatic nitrogens is 4. The molecule has 0 saturated carbocycles. The van der Waals surface area contributed by atoms with E-state index in [-0.39, 0.29) is 24.3 Å². The van der Waals surface area contributed by atoms with Crippen LogP contribution < -0.4 is 16.0 Å². The van der Waals surface area contributed by atoms with Gasteiger partial charge in [0.25, 0.3) is 5.56 Å². The number of rotatable bonds is 6. The number of hydrogen-bond acceptors (Lipinski definition) is 5. The number of fused-ring (bicyclic) bond motifs is 1. The van der Waals surface area contributed by atoms with E-state index in [0.29, 0.717) is 10.5 Å². The molecule has 0 unspecified atom stereocenters. The number of benzene rings is 1. The van der Waals surface area contributed by atoms with Crippen LogP contribution >= 0.6 is 15.9 Å². The van der Waals surface area contributed by atoms with Crippen LogP contribution in [0.5, 0.6) is 5.75 Å². The van der Waals surface area contributed by atoms with Crippen LogP contribution in [0.2, 0.25) is 0 Å². The monoisotopic (exact) mass is 422 g/mol. The van der Waals surface area contributed by atoms with Crippen LogP contribution in [-0.2, 0) is 20.0 Å². The highest BCUT2D eigenvalue weighted by atomic mass is 79.9. The largest absolute Gasteiger partial charge is 0.491 e. The first-order valence-electron chi connectivity index (χ1n) is 8.15. The molecule has 0 radical (unpaired) electrons. The molecule has 0 saturated heterocycles. The quantitative estimate of drug-likeness (QED) is 0.580. The second-order valence-electron chi connectivity index (χ2n) is 5.95. The number of H-pyrrole nitrogens is 1. The fraction of sp³-hybridized carbons (Fsp3) is 0.353.